The van der Waals surface area contributed by atoms with Crippen LogP contribution in [0.5, 0.6) is 0 Å². The molecule has 1 unspecified atom stereocenters. The van der Waals surface area contributed by atoms with Crippen molar-refractivity contribution in [2.24, 2.45) is 7.05 Å². The Bertz CT molecular complexity index is 875. The molecule has 1 aliphatic rings. The normalized spacial score (nSPS) is 16.1. The highest BCUT2D eigenvalue weighted by Crippen LogP contribution is 2.38. The maximum absolute atomic E-state index is 13.0. The molecule has 2 aromatic rings. The first-order chi connectivity index (χ1) is 11.9. The molecule has 3 rings (SSSR count). The van der Waals surface area contributed by atoms with Gasteiger partial charge in [0.05, 0.1) is 17.3 Å². The molecule has 0 N–H and O–H groups in total. The fraction of sp³-hybridized carbons (Fsp3) is 0.421. The van der Waals surface area contributed by atoms with Crippen molar-refractivity contribution in [2.75, 3.05) is 25.5 Å². The van der Waals surface area contributed by atoms with Crippen LogP contribution < -0.4 is 4.90 Å². The van der Waals surface area contributed by atoms with Gasteiger partial charge in [0.15, 0.2) is 0 Å². The van der Waals surface area contributed by atoms with Gasteiger partial charge in [0, 0.05) is 44.6 Å². The molecule has 1 amide bonds. The highest BCUT2D eigenvalue weighted by Gasteiger charge is 2.38. The van der Waals surface area contributed by atoms with Crippen LogP contribution in [0, 0.1) is 25.2 Å². The van der Waals surface area contributed by atoms with Gasteiger partial charge in [-0.25, -0.2) is 0 Å². The molecular weight excluding hydrogens is 314 g/mol. The van der Waals surface area contributed by atoms with Crippen LogP contribution in [-0.4, -0.2) is 41.2 Å². The molecular formula is C19H23N5O. The smallest absolute Gasteiger partial charge is 0.257 e. The van der Waals surface area contributed by atoms with Crippen LogP contribution in [0.25, 0.3) is 0 Å². The van der Waals surface area contributed by atoms with E-state index >= 15 is 0 Å². The Morgan fingerprint density at radius 2 is 2.04 bits per heavy atom. The number of nitrogens with zero attached hydrogens (tertiary/aromatic N) is 5. The summed E-state index contributed by atoms with van der Waals surface area (Å²) in [5, 5.41) is 14.1. The molecule has 130 valence electrons. The van der Waals surface area contributed by atoms with E-state index in [2.05, 4.69) is 11.2 Å². The van der Waals surface area contributed by atoms with E-state index in [9.17, 15) is 10.1 Å². The number of benzene rings is 1. The Kier molecular flexibility index (Phi) is 4.25. The van der Waals surface area contributed by atoms with Crippen molar-refractivity contribution >= 4 is 11.6 Å². The number of carbonyl (C=O) groups excluding carboxylic acids is 1. The highest BCUT2D eigenvalue weighted by atomic mass is 16.2. The second-order valence-electron chi connectivity index (χ2n) is 6.69. The molecule has 0 spiro atoms. The molecule has 0 fully saturated rings. The van der Waals surface area contributed by atoms with E-state index in [1.165, 1.54) is 0 Å². The number of rotatable bonds is 4. The average molecular weight is 337 g/mol. The van der Waals surface area contributed by atoms with Gasteiger partial charge in [-0.2, -0.15) is 10.4 Å². The van der Waals surface area contributed by atoms with E-state index in [0.29, 0.717) is 18.5 Å². The third-order valence-electron chi connectivity index (χ3n) is 5.02. The SMILES string of the molecule is Cc1nn(C)c(C)c1CCN1C(=O)c2c(cccc2N(C)C)C1C#N. The van der Waals surface area contributed by atoms with Crippen molar-refractivity contribution in [3.05, 3.63) is 46.3 Å². The monoisotopic (exact) mass is 337 g/mol. The summed E-state index contributed by atoms with van der Waals surface area (Å²) in [6, 6.07) is 7.49. The Morgan fingerprint density at radius 3 is 2.60 bits per heavy atom. The Hall–Kier alpha value is -2.81. The first-order valence-corrected chi connectivity index (χ1v) is 8.36. The zero-order valence-corrected chi connectivity index (χ0v) is 15.4. The number of hydrogen-bond acceptors (Lipinski definition) is 4. The van der Waals surface area contributed by atoms with Crippen LogP contribution >= 0.6 is 0 Å². The molecule has 0 bridgehead atoms. The number of amides is 1. The predicted molar refractivity (Wildman–Crippen MR) is 96.5 cm³/mol. The van der Waals surface area contributed by atoms with Gasteiger partial charge >= 0.3 is 0 Å². The second-order valence-corrected chi connectivity index (χ2v) is 6.69. The van der Waals surface area contributed by atoms with Crippen LogP contribution in [0.4, 0.5) is 5.69 Å². The summed E-state index contributed by atoms with van der Waals surface area (Å²) in [7, 11) is 5.74. The summed E-state index contributed by atoms with van der Waals surface area (Å²) < 4.78 is 1.86. The fourth-order valence-corrected chi connectivity index (χ4v) is 3.60. The quantitative estimate of drug-likeness (QED) is 0.859. The maximum Gasteiger partial charge on any atom is 0.257 e. The lowest BCUT2D eigenvalue weighted by Crippen LogP contribution is -2.30. The molecule has 1 aliphatic heterocycles. The number of nitriles is 1. The number of hydrogen-bond donors (Lipinski definition) is 0. The first-order valence-electron chi connectivity index (χ1n) is 8.36. The van der Waals surface area contributed by atoms with Gasteiger partial charge in [0.2, 0.25) is 0 Å². The van der Waals surface area contributed by atoms with Crippen molar-refractivity contribution in [3.8, 4) is 6.07 Å². The van der Waals surface area contributed by atoms with Gasteiger partial charge < -0.3 is 9.80 Å². The minimum atomic E-state index is -0.528. The molecule has 1 aromatic carbocycles. The number of aryl methyl sites for hydroxylation is 2. The van der Waals surface area contributed by atoms with Gasteiger partial charge in [-0.3, -0.25) is 9.48 Å². The van der Waals surface area contributed by atoms with E-state index in [-0.39, 0.29) is 5.91 Å². The standard InChI is InChI=1S/C19H23N5O/c1-12-14(13(2)23(5)21-12)9-10-24-17(11-20)15-7-6-8-16(22(3)4)18(15)19(24)25/h6-8,17H,9-10H2,1-5H3. The molecule has 1 aromatic heterocycles. The van der Waals surface area contributed by atoms with E-state index in [1.807, 2.05) is 62.8 Å². The molecule has 0 radical (unpaired) electrons. The Morgan fingerprint density at radius 1 is 1.32 bits per heavy atom. The third kappa shape index (κ3) is 2.66. The molecule has 2 heterocycles. The average Bonchev–Trinajstić information content (AvgIpc) is 2.99. The van der Waals surface area contributed by atoms with E-state index in [1.54, 1.807) is 4.90 Å². The summed E-state index contributed by atoms with van der Waals surface area (Å²) in [5.41, 5.74) is 5.54. The Labute approximate surface area is 148 Å². The lowest BCUT2D eigenvalue weighted by Gasteiger charge is -2.20. The molecule has 0 saturated carbocycles. The topological polar surface area (TPSA) is 65.2 Å². The summed E-state index contributed by atoms with van der Waals surface area (Å²) >= 11 is 0. The summed E-state index contributed by atoms with van der Waals surface area (Å²) in [6.07, 6.45) is 0.695. The largest absolute Gasteiger partial charge is 0.377 e. The predicted octanol–water partition coefficient (Wildman–Crippen LogP) is 2.37. The molecule has 6 nitrogen and oxygen atoms in total. The van der Waals surface area contributed by atoms with Crippen molar-refractivity contribution < 1.29 is 4.79 Å². The van der Waals surface area contributed by atoms with Crippen molar-refractivity contribution in [1.82, 2.24) is 14.7 Å². The fourth-order valence-electron chi connectivity index (χ4n) is 3.60. The van der Waals surface area contributed by atoms with Crippen molar-refractivity contribution in [1.29, 1.82) is 5.26 Å². The van der Waals surface area contributed by atoms with Crippen LogP contribution in [0.2, 0.25) is 0 Å². The zero-order valence-electron chi connectivity index (χ0n) is 15.4. The van der Waals surface area contributed by atoms with Gasteiger partial charge in [0.25, 0.3) is 5.91 Å². The summed E-state index contributed by atoms with van der Waals surface area (Å²) in [6.45, 7) is 4.52. The number of anilines is 1. The van der Waals surface area contributed by atoms with Crippen molar-refractivity contribution in [3.63, 3.8) is 0 Å². The van der Waals surface area contributed by atoms with Gasteiger partial charge in [-0.1, -0.05) is 12.1 Å². The van der Waals surface area contributed by atoms with Gasteiger partial charge in [-0.05, 0) is 31.9 Å². The summed E-state index contributed by atoms with van der Waals surface area (Å²) in [5.74, 6) is -0.0648. The molecule has 6 heteroatoms. The van der Waals surface area contributed by atoms with E-state index in [0.717, 1.165) is 28.2 Å². The van der Waals surface area contributed by atoms with E-state index in [4.69, 9.17) is 0 Å². The van der Waals surface area contributed by atoms with Gasteiger partial charge in [0.1, 0.15) is 6.04 Å². The first kappa shape index (κ1) is 17.0. The molecule has 25 heavy (non-hydrogen) atoms. The molecule has 0 aliphatic carbocycles. The number of carbonyl (C=O) groups is 1. The molecule has 0 saturated heterocycles. The second kappa shape index (κ2) is 6.25. The molecule has 1 atom stereocenters. The highest BCUT2D eigenvalue weighted by molar-refractivity contribution is 6.04. The van der Waals surface area contributed by atoms with E-state index < -0.39 is 6.04 Å². The lowest BCUT2D eigenvalue weighted by atomic mass is 10.0. The van der Waals surface area contributed by atoms with Crippen LogP contribution in [-0.2, 0) is 13.5 Å². The van der Waals surface area contributed by atoms with Gasteiger partial charge in [-0.15, -0.1) is 0 Å². The maximum atomic E-state index is 13.0. The zero-order chi connectivity index (χ0) is 18.3. The lowest BCUT2D eigenvalue weighted by molar-refractivity contribution is 0.0760. The summed E-state index contributed by atoms with van der Waals surface area (Å²) in [4.78, 5) is 16.6. The minimum absolute atomic E-state index is 0.0648. The minimum Gasteiger partial charge on any atom is -0.377 e. The number of fused-ring (bicyclic) bond motifs is 1. The Balaban J connectivity index is 1.92. The van der Waals surface area contributed by atoms with Crippen LogP contribution in [0.1, 0.15) is 38.9 Å². The van der Waals surface area contributed by atoms with Crippen LogP contribution in [0.3, 0.4) is 0 Å². The third-order valence-corrected chi connectivity index (χ3v) is 5.02. The van der Waals surface area contributed by atoms with Crippen molar-refractivity contribution in [2.45, 2.75) is 26.3 Å². The number of aromatic nitrogens is 2. The van der Waals surface area contributed by atoms with Crippen LogP contribution in [0.15, 0.2) is 18.2 Å².